The van der Waals surface area contributed by atoms with Crippen molar-refractivity contribution in [1.29, 1.82) is 0 Å². The van der Waals surface area contributed by atoms with Crippen LogP contribution >= 0.6 is 11.3 Å². The molecule has 0 spiro atoms. The van der Waals surface area contributed by atoms with E-state index >= 15 is 0 Å². The third-order valence-electron chi connectivity index (χ3n) is 4.52. The van der Waals surface area contributed by atoms with Gasteiger partial charge in [-0.05, 0) is 48.9 Å². The normalized spacial score (nSPS) is 12.0. The molecule has 4 aromatic rings. The van der Waals surface area contributed by atoms with Crippen molar-refractivity contribution in [3.8, 4) is 11.3 Å². The number of halogens is 3. The number of nitrogens with zero attached hydrogens (tertiary/aromatic N) is 2. The zero-order valence-electron chi connectivity index (χ0n) is 15.7. The summed E-state index contributed by atoms with van der Waals surface area (Å²) >= 11 is 1.33. The van der Waals surface area contributed by atoms with Crippen molar-refractivity contribution in [3.63, 3.8) is 0 Å². The van der Waals surface area contributed by atoms with Gasteiger partial charge in [-0.15, -0.1) is 0 Å². The Morgan fingerprint density at radius 2 is 1.70 bits per heavy atom. The molecular weight excluding hydrogens is 435 g/mol. The van der Waals surface area contributed by atoms with Crippen molar-refractivity contribution in [2.45, 2.75) is 19.2 Å². The van der Waals surface area contributed by atoms with E-state index in [-0.39, 0.29) is 17.9 Å². The van der Waals surface area contributed by atoms with Gasteiger partial charge in [-0.2, -0.15) is 0 Å². The molecule has 1 N–H and O–H groups in total. The summed E-state index contributed by atoms with van der Waals surface area (Å²) in [7, 11) is -3.80. The van der Waals surface area contributed by atoms with Gasteiger partial charge in [0.15, 0.2) is 4.96 Å². The summed E-state index contributed by atoms with van der Waals surface area (Å²) in [4.78, 5) is 5.96. The van der Waals surface area contributed by atoms with Gasteiger partial charge in [0.25, 0.3) is 0 Å². The number of hydrogen-bond acceptors (Lipinski definition) is 4. The number of imidazole rings is 1. The van der Waals surface area contributed by atoms with Crippen LogP contribution in [-0.4, -0.2) is 17.8 Å². The number of sulfonamides is 1. The first-order valence-corrected chi connectivity index (χ1v) is 11.3. The largest absolute Gasteiger partial charge is 0.294 e. The third-order valence-corrected chi connectivity index (χ3v) is 6.98. The maximum atomic E-state index is 13.3. The first-order valence-electron chi connectivity index (χ1n) is 8.86. The molecule has 2 heterocycles. The number of thiazole rings is 1. The number of fused-ring (bicyclic) bond motifs is 1. The molecule has 4 rings (SSSR count). The van der Waals surface area contributed by atoms with Crippen LogP contribution in [-0.2, 0) is 22.3 Å². The first-order chi connectivity index (χ1) is 14.2. The summed E-state index contributed by atoms with van der Waals surface area (Å²) in [6.45, 7) is 1.87. The second kappa shape index (κ2) is 7.86. The molecule has 0 unspecified atom stereocenters. The monoisotopic (exact) mass is 451 g/mol. The Hall–Kier alpha value is -2.69. The summed E-state index contributed by atoms with van der Waals surface area (Å²) < 4.78 is 68.6. The molecule has 0 aliphatic heterocycles. The molecule has 30 heavy (non-hydrogen) atoms. The Morgan fingerprint density at radius 3 is 2.33 bits per heavy atom. The van der Waals surface area contributed by atoms with Crippen LogP contribution < -0.4 is 4.72 Å². The summed E-state index contributed by atoms with van der Waals surface area (Å²) in [6, 6.07) is 8.67. The van der Waals surface area contributed by atoms with Crippen LogP contribution in [0.1, 0.15) is 16.1 Å². The lowest BCUT2D eigenvalue weighted by molar-refractivity contribution is 0.574. The molecule has 0 amide bonds. The molecule has 2 aromatic heterocycles. The summed E-state index contributed by atoms with van der Waals surface area (Å²) in [5.41, 5.74) is 2.30. The molecule has 10 heteroatoms. The van der Waals surface area contributed by atoms with Crippen LogP contribution in [0.5, 0.6) is 0 Å². The topological polar surface area (TPSA) is 63.5 Å². The Labute approximate surface area is 174 Å². The second-order valence-corrected chi connectivity index (χ2v) is 9.62. The highest BCUT2D eigenvalue weighted by molar-refractivity contribution is 7.88. The van der Waals surface area contributed by atoms with E-state index in [2.05, 4.69) is 9.71 Å². The van der Waals surface area contributed by atoms with Gasteiger partial charge in [-0.1, -0.05) is 11.3 Å². The van der Waals surface area contributed by atoms with Crippen molar-refractivity contribution in [1.82, 2.24) is 14.1 Å². The fourth-order valence-electron chi connectivity index (χ4n) is 3.06. The van der Waals surface area contributed by atoms with E-state index in [1.165, 1.54) is 23.5 Å². The van der Waals surface area contributed by atoms with E-state index < -0.39 is 27.4 Å². The number of hydrogen-bond donors (Lipinski definition) is 1. The zero-order valence-corrected chi connectivity index (χ0v) is 17.3. The minimum atomic E-state index is -3.80. The van der Waals surface area contributed by atoms with Gasteiger partial charge in [0.1, 0.15) is 17.5 Å². The first kappa shape index (κ1) is 20.6. The molecule has 0 aliphatic rings. The zero-order chi connectivity index (χ0) is 21.5. The van der Waals surface area contributed by atoms with E-state index in [4.69, 9.17) is 0 Å². The van der Waals surface area contributed by atoms with Crippen molar-refractivity contribution >= 4 is 26.3 Å². The quantitative estimate of drug-likeness (QED) is 0.472. The molecule has 0 atom stereocenters. The summed E-state index contributed by atoms with van der Waals surface area (Å²) in [5, 5.41) is 0. The Bertz CT molecular complexity index is 1310. The van der Waals surface area contributed by atoms with E-state index in [1.807, 2.05) is 17.5 Å². The Morgan fingerprint density at radius 1 is 1.03 bits per heavy atom. The number of rotatable bonds is 6. The predicted molar refractivity (Wildman–Crippen MR) is 109 cm³/mol. The molecule has 0 saturated carbocycles. The highest BCUT2D eigenvalue weighted by atomic mass is 32.2. The number of aryl methyl sites for hydroxylation is 1. The Kier molecular flexibility index (Phi) is 5.39. The van der Waals surface area contributed by atoms with Gasteiger partial charge >= 0.3 is 0 Å². The average molecular weight is 451 g/mol. The second-order valence-electron chi connectivity index (χ2n) is 6.75. The van der Waals surface area contributed by atoms with Crippen LogP contribution in [0.2, 0.25) is 0 Å². The maximum absolute atomic E-state index is 13.3. The van der Waals surface area contributed by atoms with E-state index in [9.17, 15) is 21.6 Å². The minimum absolute atomic E-state index is 0.0293. The van der Waals surface area contributed by atoms with Gasteiger partial charge in [0, 0.05) is 34.9 Å². The minimum Gasteiger partial charge on any atom is -0.294 e. The number of nitrogens with one attached hydrogen (secondary N) is 1. The highest BCUT2D eigenvalue weighted by Gasteiger charge is 2.17. The molecule has 0 bridgehead atoms. The van der Waals surface area contributed by atoms with Crippen LogP contribution in [0, 0.1) is 24.4 Å². The lowest BCUT2D eigenvalue weighted by atomic mass is 10.2. The summed E-state index contributed by atoms with van der Waals surface area (Å²) in [5.74, 6) is -2.51. The van der Waals surface area contributed by atoms with Gasteiger partial charge in [-0.3, -0.25) is 4.40 Å². The van der Waals surface area contributed by atoms with Crippen LogP contribution in [0.3, 0.4) is 0 Å². The number of aromatic nitrogens is 2. The lowest BCUT2D eigenvalue weighted by Crippen LogP contribution is -2.24. The van der Waals surface area contributed by atoms with Gasteiger partial charge in [0.05, 0.1) is 11.4 Å². The molecular formula is C20H16F3N3O2S2. The third kappa shape index (κ3) is 4.40. The van der Waals surface area contributed by atoms with Gasteiger partial charge in [-0.25, -0.2) is 31.3 Å². The van der Waals surface area contributed by atoms with Crippen molar-refractivity contribution in [2.24, 2.45) is 0 Å². The fraction of sp³-hybridized carbons (Fsp3) is 0.150. The molecule has 2 aromatic carbocycles. The molecule has 0 aliphatic carbocycles. The van der Waals surface area contributed by atoms with Crippen molar-refractivity contribution in [2.75, 3.05) is 0 Å². The molecule has 0 radical (unpaired) electrons. The number of benzene rings is 2. The Balaban J connectivity index is 1.50. The SMILES string of the molecule is Cc1c(CNS(=O)(=O)Cc2cc(F)cc(F)c2)sc2nc(-c3ccc(F)cc3)cn12. The molecule has 5 nitrogen and oxygen atoms in total. The van der Waals surface area contributed by atoms with Crippen LogP contribution in [0.25, 0.3) is 16.2 Å². The standard InChI is InChI=1S/C20H16F3N3O2S2/c1-12-19(9-24-30(27,28)11-13-6-16(22)8-17(23)7-13)29-20-25-18(10-26(12)20)14-2-4-15(21)5-3-14/h2-8,10,24H,9,11H2,1H3. The molecule has 156 valence electrons. The summed E-state index contributed by atoms with van der Waals surface area (Å²) in [6.07, 6.45) is 1.81. The van der Waals surface area contributed by atoms with Gasteiger partial charge < -0.3 is 0 Å². The fourth-order valence-corrected chi connectivity index (χ4v) is 5.26. The predicted octanol–water partition coefficient (Wildman–Crippen LogP) is 4.41. The van der Waals surface area contributed by atoms with Crippen molar-refractivity contribution < 1.29 is 21.6 Å². The van der Waals surface area contributed by atoms with Crippen LogP contribution in [0.15, 0.2) is 48.7 Å². The highest BCUT2D eigenvalue weighted by Crippen LogP contribution is 2.27. The maximum Gasteiger partial charge on any atom is 0.216 e. The van der Waals surface area contributed by atoms with Crippen LogP contribution in [0.4, 0.5) is 13.2 Å². The van der Waals surface area contributed by atoms with E-state index in [1.54, 1.807) is 12.1 Å². The van der Waals surface area contributed by atoms with Crippen molar-refractivity contribution in [3.05, 3.63) is 82.2 Å². The molecule has 0 fully saturated rings. The van der Waals surface area contributed by atoms with E-state index in [0.29, 0.717) is 16.7 Å². The van der Waals surface area contributed by atoms with E-state index in [0.717, 1.165) is 28.3 Å². The van der Waals surface area contributed by atoms with Gasteiger partial charge in [0.2, 0.25) is 10.0 Å². The smallest absolute Gasteiger partial charge is 0.216 e. The average Bonchev–Trinajstić information content (AvgIpc) is 3.19. The lowest BCUT2D eigenvalue weighted by Gasteiger charge is -2.07. The molecule has 0 saturated heterocycles.